The molecule has 0 radical (unpaired) electrons. The third-order valence-corrected chi connectivity index (χ3v) is 4.68. The zero-order chi connectivity index (χ0) is 15.9. The molecule has 0 spiro atoms. The number of nitrogens with one attached hydrogen (secondary N) is 1. The maximum absolute atomic E-state index is 12.0. The highest BCUT2D eigenvalue weighted by Gasteiger charge is 2.14. The van der Waals surface area contributed by atoms with E-state index in [4.69, 9.17) is 0 Å². The molecule has 3 nitrogen and oxygen atoms in total. The first-order valence-electron chi connectivity index (χ1n) is 8.57. The molecule has 0 aliphatic heterocycles. The first-order valence-corrected chi connectivity index (χ1v) is 8.57. The molecule has 1 aromatic heterocycles. The summed E-state index contributed by atoms with van der Waals surface area (Å²) in [5, 5.41) is 3.06. The lowest BCUT2D eigenvalue weighted by molar-refractivity contribution is -0.120. The predicted octanol–water partition coefficient (Wildman–Crippen LogP) is 3.99. The molecule has 1 fully saturated rings. The van der Waals surface area contributed by atoms with Crippen LogP contribution in [-0.2, 0) is 11.2 Å². The van der Waals surface area contributed by atoms with Gasteiger partial charge in [0.05, 0.1) is 6.42 Å². The second-order valence-corrected chi connectivity index (χ2v) is 6.40. The van der Waals surface area contributed by atoms with E-state index in [1.165, 1.54) is 25.7 Å². The van der Waals surface area contributed by atoms with Gasteiger partial charge >= 0.3 is 0 Å². The third kappa shape index (κ3) is 4.65. The largest absolute Gasteiger partial charge is 0.356 e. The molecule has 1 aromatic carbocycles. The smallest absolute Gasteiger partial charge is 0.224 e. The molecular formula is C20H24N2O. The van der Waals surface area contributed by atoms with Gasteiger partial charge in [-0.25, -0.2) is 0 Å². The van der Waals surface area contributed by atoms with Crippen LogP contribution >= 0.6 is 0 Å². The van der Waals surface area contributed by atoms with E-state index in [2.05, 4.69) is 22.4 Å². The summed E-state index contributed by atoms with van der Waals surface area (Å²) in [4.78, 5) is 16.1. The molecule has 1 saturated carbocycles. The topological polar surface area (TPSA) is 42.0 Å². The van der Waals surface area contributed by atoms with Crippen LogP contribution in [0, 0.1) is 5.92 Å². The molecular weight excluding hydrogens is 284 g/mol. The Balaban J connectivity index is 1.46. The molecule has 1 amide bonds. The maximum atomic E-state index is 12.0. The zero-order valence-electron chi connectivity index (χ0n) is 13.5. The molecule has 120 valence electrons. The van der Waals surface area contributed by atoms with Crippen LogP contribution in [0.25, 0.3) is 11.1 Å². The Morgan fingerprint density at radius 2 is 1.65 bits per heavy atom. The average molecular weight is 308 g/mol. The number of nitrogens with zero attached hydrogens (tertiary/aromatic N) is 1. The Hall–Kier alpha value is -2.16. The second-order valence-electron chi connectivity index (χ2n) is 6.40. The standard InChI is InChI=1S/C20H24N2O/c23-20(22-14-9-16-3-1-2-4-16)15-17-5-7-18(8-6-17)19-10-12-21-13-11-19/h5-8,10-13,16H,1-4,9,14-15H2,(H,22,23). The van der Waals surface area contributed by atoms with E-state index < -0.39 is 0 Å². The number of benzene rings is 1. The second kappa shape index (κ2) is 7.91. The summed E-state index contributed by atoms with van der Waals surface area (Å²) >= 11 is 0. The van der Waals surface area contributed by atoms with Crippen LogP contribution in [0.15, 0.2) is 48.8 Å². The van der Waals surface area contributed by atoms with Gasteiger partial charge in [0.25, 0.3) is 0 Å². The number of carbonyl (C=O) groups is 1. The van der Waals surface area contributed by atoms with E-state index in [0.29, 0.717) is 6.42 Å². The summed E-state index contributed by atoms with van der Waals surface area (Å²) in [5.41, 5.74) is 3.35. The number of hydrogen-bond donors (Lipinski definition) is 1. The molecule has 0 unspecified atom stereocenters. The van der Waals surface area contributed by atoms with Crippen LogP contribution in [0.5, 0.6) is 0 Å². The Morgan fingerprint density at radius 3 is 2.35 bits per heavy atom. The fourth-order valence-electron chi connectivity index (χ4n) is 3.32. The van der Waals surface area contributed by atoms with E-state index in [1.54, 1.807) is 12.4 Å². The van der Waals surface area contributed by atoms with E-state index in [1.807, 2.05) is 24.3 Å². The molecule has 3 rings (SSSR count). The van der Waals surface area contributed by atoms with Crippen molar-refractivity contribution in [1.29, 1.82) is 0 Å². The van der Waals surface area contributed by atoms with Crippen molar-refractivity contribution in [3.05, 3.63) is 54.4 Å². The summed E-state index contributed by atoms with van der Waals surface area (Å²) in [6.07, 6.45) is 10.6. The summed E-state index contributed by atoms with van der Waals surface area (Å²) in [7, 11) is 0. The van der Waals surface area contributed by atoms with Crippen molar-refractivity contribution in [2.45, 2.75) is 38.5 Å². The highest BCUT2D eigenvalue weighted by molar-refractivity contribution is 5.78. The molecule has 23 heavy (non-hydrogen) atoms. The number of pyridine rings is 1. The van der Waals surface area contributed by atoms with Crippen molar-refractivity contribution in [2.75, 3.05) is 6.54 Å². The van der Waals surface area contributed by atoms with Gasteiger partial charge in [0.2, 0.25) is 5.91 Å². The molecule has 2 aromatic rings. The van der Waals surface area contributed by atoms with Gasteiger partial charge in [-0.2, -0.15) is 0 Å². The first kappa shape index (κ1) is 15.7. The van der Waals surface area contributed by atoms with Gasteiger partial charge in [-0.3, -0.25) is 9.78 Å². The fourth-order valence-corrected chi connectivity index (χ4v) is 3.32. The molecule has 0 saturated heterocycles. The number of aromatic nitrogens is 1. The Bertz CT molecular complexity index is 616. The maximum Gasteiger partial charge on any atom is 0.224 e. The molecule has 0 atom stereocenters. The number of rotatable bonds is 6. The zero-order valence-corrected chi connectivity index (χ0v) is 13.5. The first-order chi connectivity index (χ1) is 11.3. The SMILES string of the molecule is O=C(Cc1ccc(-c2ccncc2)cc1)NCCC1CCCC1. The van der Waals surface area contributed by atoms with Crippen LogP contribution in [-0.4, -0.2) is 17.4 Å². The Morgan fingerprint density at radius 1 is 1.00 bits per heavy atom. The van der Waals surface area contributed by atoms with Crippen molar-refractivity contribution < 1.29 is 4.79 Å². The van der Waals surface area contributed by atoms with Crippen LogP contribution in [0.1, 0.15) is 37.7 Å². The highest BCUT2D eigenvalue weighted by atomic mass is 16.1. The van der Waals surface area contributed by atoms with Crippen molar-refractivity contribution >= 4 is 5.91 Å². The van der Waals surface area contributed by atoms with Crippen LogP contribution in [0.3, 0.4) is 0 Å². The fraction of sp³-hybridized carbons (Fsp3) is 0.400. The van der Waals surface area contributed by atoms with E-state index in [0.717, 1.165) is 35.6 Å². The minimum atomic E-state index is 0.125. The van der Waals surface area contributed by atoms with E-state index >= 15 is 0 Å². The number of amides is 1. The molecule has 1 aliphatic rings. The average Bonchev–Trinajstić information content (AvgIpc) is 3.10. The van der Waals surface area contributed by atoms with Gasteiger partial charge in [0.15, 0.2) is 0 Å². The summed E-state index contributed by atoms with van der Waals surface area (Å²) in [5.74, 6) is 0.953. The third-order valence-electron chi connectivity index (χ3n) is 4.68. The summed E-state index contributed by atoms with van der Waals surface area (Å²) < 4.78 is 0. The number of hydrogen-bond acceptors (Lipinski definition) is 2. The lowest BCUT2D eigenvalue weighted by atomic mass is 10.0. The molecule has 3 heteroatoms. The van der Waals surface area contributed by atoms with E-state index in [-0.39, 0.29) is 5.91 Å². The van der Waals surface area contributed by atoms with Crippen LogP contribution in [0.4, 0.5) is 0 Å². The van der Waals surface area contributed by atoms with Gasteiger partial charge < -0.3 is 5.32 Å². The predicted molar refractivity (Wildman–Crippen MR) is 93.0 cm³/mol. The quantitative estimate of drug-likeness (QED) is 0.877. The van der Waals surface area contributed by atoms with Crippen molar-refractivity contribution in [2.24, 2.45) is 5.92 Å². The Kier molecular flexibility index (Phi) is 5.41. The minimum Gasteiger partial charge on any atom is -0.356 e. The van der Waals surface area contributed by atoms with Crippen LogP contribution in [0.2, 0.25) is 0 Å². The molecule has 0 bridgehead atoms. The lowest BCUT2D eigenvalue weighted by Gasteiger charge is -2.10. The van der Waals surface area contributed by atoms with Gasteiger partial charge in [-0.15, -0.1) is 0 Å². The van der Waals surface area contributed by atoms with Crippen molar-refractivity contribution in [1.82, 2.24) is 10.3 Å². The monoisotopic (exact) mass is 308 g/mol. The molecule has 1 aliphatic carbocycles. The van der Waals surface area contributed by atoms with Gasteiger partial charge in [0, 0.05) is 18.9 Å². The van der Waals surface area contributed by atoms with Crippen molar-refractivity contribution in [3.63, 3.8) is 0 Å². The summed E-state index contributed by atoms with van der Waals surface area (Å²) in [6, 6.07) is 12.2. The van der Waals surface area contributed by atoms with Gasteiger partial charge in [-0.05, 0) is 41.2 Å². The van der Waals surface area contributed by atoms with Gasteiger partial charge in [0.1, 0.15) is 0 Å². The van der Waals surface area contributed by atoms with Gasteiger partial charge in [-0.1, -0.05) is 49.9 Å². The number of carbonyl (C=O) groups excluding carboxylic acids is 1. The highest BCUT2D eigenvalue weighted by Crippen LogP contribution is 2.26. The summed E-state index contributed by atoms with van der Waals surface area (Å²) in [6.45, 7) is 0.818. The molecule has 1 heterocycles. The minimum absolute atomic E-state index is 0.125. The molecule has 1 N–H and O–H groups in total. The lowest BCUT2D eigenvalue weighted by Crippen LogP contribution is -2.27. The van der Waals surface area contributed by atoms with E-state index in [9.17, 15) is 4.79 Å². The Labute approximate surface area is 138 Å². The normalized spacial score (nSPS) is 14.8. The van der Waals surface area contributed by atoms with Crippen molar-refractivity contribution in [3.8, 4) is 11.1 Å². The van der Waals surface area contributed by atoms with Crippen LogP contribution < -0.4 is 5.32 Å².